The molecule has 0 aliphatic carbocycles. The van der Waals surface area contributed by atoms with Gasteiger partial charge in [0.15, 0.2) is 0 Å². The number of benzene rings is 2. The topological polar surface area (TPSA) is 49.3 Å². The van der Waals surface area contributed by atoms with Crippen molar-refractivity contribution >= 4 is 5.91 Å². The summed E-state index contributed by atoms with van der Waals surface area (Å²) in [5.41, 5.74) is 1.48. The van der Waals surface area contributed by atoms with Gasteiger partial charge in [0.05, 0.1) is 12.6 Å². The molecular formula is C15H15NO2. The van der Waals surface area contributed by atoms with E-state index in [-0.39, 0.29) is 18.6 Å². The molecule has 0 radical (unpaired) electrons. The number of carbonyl (C=O) groups excluding carboxylic acids is 1. The first-order chi connectivity index (χ1) is 8.81. The van der Waals surface area contributed by atoms with E-state index in [0.29, 0.717) is 5.56 Å². The summed E-state index contributed by atoms with van der Waals surface area (Å²) in [6, 6.07) is 18.0. The average Bonchev–Trinajstić information content (AvgIpc) is 2.46. The molecule has 3 nitrogen and oxygen atoms in total. The summed E-state index contributed by atoms with van der Waals surface area (Å²) < 4.78 is 0. The largest absolute Gasteiger partial charge is 0.394 e. The van der Waals surface area contributed by atoms with Gasteiger partial charge in [-0.2, -0.15) is 0 Å². The number of aliphatic hydroxyl groups excluding tert-OH is 1. The molecule has 2 aromatic rings. The maximum atomic E-state index is 12.0. The van der Waals surface area contributed by atoms with Crippen LogP contribution in [0.15, 0.2) is 60.7 Å². The zero-order valence-electron chi connectivity index (χ0n) is 9.91. The van der Waals surface area contributed by atoms with Crippen molar-refractivity contribution in [3.05, 3.63) is 71.8 Å². The second kappa shape index (κ2) is 5.98. The summed E-state index contributed by atoms with van der Waals surface area (Å²) in [7, 11) is 0. The minimum Gasteiger partial charge on any atom is -0.394 e. The summed E-state index contributed by atoms with van der Waals surface area (Å²) in [5, 5.41) is 12.2. The molecule has 2 rings (SSSR count). The van der Waals surface area contributed by atoms with E-state index in [1.807, 2.05) is 48.5 Å². The van der Waals surface area contributed by atoms with Gasteiger partial charge in [-0.25, -0.2) is 0 Å². The Morgan fingerprint density at radius 3 is 2.11 bits per heavy atom. The van der Waals surface area contributed by atoms with Crippen LogP contribution in [0.25, 0.3) is 0 Å². The van der Waals surface area contributed by atoms with Crippen molar-refractivity contribution in [2.45, 2.75) is 6.04 Å². The average molecular weight is 241 g/mol. The van der Waals surface area contributed by atoms with E-state index < -0.39 is 0 Å². The second-order valence-corrected chi connectivity index (χ2v) is 3.99. The first-order valence-electron chi connectivity index (χ1n) is 5.83. The summed E-state index contributed by atoms with van der Waals surface area (Å²) in [5.74, 6) is -0.182. The van der Waals surface area contributed by atoms with E-state index in [9.17, 15) is 9.90 Å². The lowest BCUT2D eigenvalue weighted by Gasteiger charge is -2.16. The van der Waals surface area contributed by atoms with Gasteiger partial charge in [-0.05, 0) is 17.7 Å². The molecule has 0 saturated heterocycles. The molecule has 0 spiro atoms. The van der Waals surface area contributed by atoms with Gasteiger partial charge in [-0.15, -0.1) is 0 Å². The number of nitrogens with one attached hydrogen (secondary N) is 1. The molecule has 92 valence electrons. The molecule has 2 aromatic carbocycles. The number of carbonyl (C=O) groups is 1. The summed E-state index contributed by atoms with van der Waals surface area (Å²) in [6.07, 6.45) is 0. The molecule has 0 aliphatic heterocycles. The first-order valence-corrected chi connectivity index (χ1v) is 5.83. The number of amides is 1. The highest BCUT2D eigenvalue weighted by Gasteiger charge is 2.14. The molecular weight excluding hydrogens is 226 g/mol. The standard InChI is InChI=1S/C15H15NO2/c17-11-14(12-7-3-1-4-8-12)16-15(18)13-9-5-2-6-10-13/h1-10,14,17H,11H2,(H,16,18). The highest BCUT2D eigenvalue weighted by atomic mass is 16.3. The van der Waals surface area contributed by atoms with Crippen LogP contribution in [0.5, 0.6) is 0 Å². The zero-order chi connectivity index (χ0) is 12.8. The molecule has 0 bridgehead atoms. The highest BCUT2D eigenvalue weighted by Crippen LogP contribution is 2.12. The van der Waals surface area contributed by atoms with Crippen LogP contribution in [-0.2, 0) is 0 Å². The van der Waals surface area contributed by atoms with E-state index in [1.54, 1.807) is 12.1 Å². The predicted octanol–water partition coefficient (Wildman–Crippen LogP) is 2.15. The summed E-state index contributed by atoms with van der Waals surface area (Å²) in [6.45, 7) is -0.122. The molecule has 1 unspecified atom stereocenters. The Kier molecular flexibility index (Phi) is 4.10. The lowest BCUT2D eigenvalue weighted by atomic mass is 10.1. The van der Waals surface area contributed by atoms with Crippen molar-refractivity contribution in [1.29, 1.82) is 0 Å². The van der Waals surface area contributed by atoms with E-state index in [2.05, 4.69) is 5.32 Å². The molecule has 3 heteroatoms. The van der Waals surface area contributed by atoms with E-state index in [0.717, 1.165) is 5.56 Å². The van der Waals surface area contributed by atoms with E-state index in [4.69, 9.17) is 0 Å². The maximum absolute atomic E-state index is 12.0. The molecule has 0 aliphatic rings. The summed E-state index contributed by atoms with van der Waals surface area (Å²) in [4.78, 5) is 12.0. The molecule has 18 heavy (non-hydrogen) atoms. The minimum atomic E-state index is -0.376. The highest BCUT2D eigenvalue weighted by molar-refractivity contribution is 5.94. The van der Waals surface area contributed by atoms with Crippen molar-refractivity contribution in [2.75, 3.05) is 6.61 Å². The predicted molar refractivity (Wildman–Crippen MR) is 70.2 cm³/mol. The first kappa shape index (κ1) is 12.3. The van der Waals surface area contributed by atoms with Crippen LogP contribution < -0.4 is 5.32 Å². The van der Waals surface area contributed by atoms with Gasteiger partial charge in [-0.1, -0.05) is 48.5 Å². The van der Waals surface area contributed by atoms with Gasteiger partial charge in [0.1, 0.15) is 0 Å². The Hall–Kier alpha value is -2.13. The van der Waals surface area contributed by atoms with E-state index in [1.165, 1.54) is 0 Å². The fraction of sp³-hybridized carbons (Fsp3) is 0.133. The molecule has 0 aromatic heterocycles. The fourth-order valence-corrected chi connectivity index (χ4v) is 1.75. The zero-order valence-corrected chi connectivity index (χ0v) is 9.91. The van der Waals surface area contributed by atoms with Crippen LogP contribution in [0, 0.1) is 0 Å². The quantitative estimate of drug-likeness (QED) is 0.861. The Balaban J connectivity index is 2.10. The molecule has 2 N–H and O–H groups in total. The monoisotopic (exact) mass is 241 g/mol. The van der Waals surface area contributed by atoms with Crippen molar-refractivity contribution in [2.24, 2.45) is 0 Å². The van der Waals surface area contributed by atoms with Crippen molar-refractivity contribution in [3.8, 4) is 0 Å². The minimum absolute atomic E-state index is 0.122. The Morgan fingerprint density at radius 1 is 1.00 bits per heavy atom. The van der Waals surface area contributed by atoms with Crippen LogP contribution in [0.1, 0.15) is 22.0 Å². The lowest BCUT2D eigenvalue weighted by Crippen LogP contribution is -2.30. The third kappa shape index (κ3) is 2.96. The van der Waals surface area contributed by atoms with Crippen LogP contribution in [0.4, 0.5) is 0 Å². The van der Waals surface area contributed by atoms with Crippen LogP contribution in [0.3, 0.4) is 0 Å². The molecule has 0 heterocycles. The van der Waals surface area contributed by atoms with Gasteiger partial charge >= 0.3 is 0 Å². The van der Waals surface area contributed by atoms with Gasteiger partial charge in [0.25, 0.3) is 5.91 Å². The third-order valence-corrected chi connectivity index (χ3v) is 2.73. The fourth-order valence-electron chi connectivity index (χ4n) is 1.75. The number of aliphatic hydroxyl groups is 1. The SMILES string of the molecule is O=C(NC(CO)c1ccccc1)c1ccccc1. The Labute approximate surface area is 106 Å². The smallest absolute Gasteiger partial charge is 0.251 e. The number of hydrogen-bond acceptors (Lipinski definition) is 2. The van der Waals surface area contributed by atoms with Gasteiger partial charge < -0.3 is 10.4 Å². The maximum Gasteiger partial charge on any atom is 0.251 e. The molecule has 1 atom stereocenters. The second-order valence-electron chi connectivity index (χ2n) is 3.99. The molecule has 1 amide bonds. The van der Waals surface area contributed by atoms with Crippen molar-refractivity contribution in [1.82, 2.24) is 5.32 Å². The van der Waals surface area contributed by atoms with Gasteiger partial charge in [-0.3, -0.25) is 4.79 Å². The Bertz CT molecular complexity index is 496. The van der Waals surface area contributed by atoms with Crippen LogP contribution in [-0.4, -0.2) is 17.6 Å². The van der Waals surface area contributed by atoms with E-state index >= 15 is 0 Å². The Morgan fingerprint density at radius 2 is 1.56 bits per heavy atom. The molecule has 0 fully saturated rings. The van der Waals surface area contributed by atoms with Crippen LogP contribution >= 0.6 is 0 Å². The molecule has 0 saturated carbocycles. The van der Waals surface area contributed by atoms with Crippen molar-refractivity contribution in [3.63, 3.8) is 0 Å². The number of rotatable bonds is 4. The third-order valence-electron chi connectivity index (χ3n) is 2.73. The van der Waals surface area contributed by atoms with Gasteiger partial charge in [0.2, 0.25) is 0 Å². The van der Waals surface area contributed by atoms with Crippen LogP contribution in [0.2, 0.25) is 0 Å². The lowest BCUT2D eigenvalue weighted by molar-refractivity contribution is 0.0916. The van der Waals surface area contributed by atoms with Crippen molar-refractivity contribution < 1.29 is 9.90 Å². The van der Waals surface area contributed by atoms with Gasteiger partial charge in [0, 0.05) is 5.56 Å². The normalized spacial score (nSPS) is 11.8. The summed E-state index contributed by atoms with van der Waals surface area (Å²) >= 11 is 0. The number of hydrogen-bond donors (Lipinski definition) is 2.